The molecule has 7 heteroatoms. The fraction of sp³-hybridized carbons (Fsp3) is 0.353. The van der Waals surface area contributed by atoms with E-state index in [9.17, 15) is 14.0 Å². The number of hydrogen-bond donors (Lipinski definition) is 2. The van der Waals surface area contributed by atoms with E-state index in [1.807, 2.05) is 6.92 Å². The predicted molar refractivity (Wildman–Crippen MR) is 93.9 cm³/mol. The van der Waals surface area contributed by atoms with E-state index >= 15 is 0 Å². The minimum Gasteiger partial charge on any atom is -0.325 e. The summed E-state index contributed by atoms with van der Waals surface area (Å²) in [7, 11) is 0. The number of nitrogens with zero attached hydrogens (tertiary/aromatic N) is 1. The average molecular weight is 349 g/mol. The number of H-pyrrole nitrogens is 1. The fourth-order valence-corrected chi connectivity index (χ4v) is 2.89. The molecule has 1 aromatic carbocycles. The number of aromatic nitrogens is 2. The fourth-order valence-electron chi connectivity index (χ4n) is 2.06. The van der Waals surface area contributed by atoms with Gasteiger partial charge in [-0.15, -0.1) is 0 Å². The summed E-state index contributed by atoms with van der Waals surface area (Å²) < 4.78 is 13.5. The van der Waals surface area contributed by atoms with Gasteiger partial charge in [-0.25, -0.2) is 9.37 Å². The molecular weight excluding hydrogens is 329 g/mol. The van der Waals surface area contributed by atoms with Gasteiger partial charge in [0.15, 0.2) is 5.16 Å². The van der Waals surface area contributed by atoms with Gasteiger partial charge in [0.05, 0.1) is 5.25 Å². The zero-order chi connectivity index (χ0) is 17.7. The molecule has 1 atom stereocenters. The van der Waals surface area contributed by atoms with Gasteiger partial charge >= 0.3 is 0 Å². The normalized spacial score (nSPS) is 12.0. The highest BCUT2D eigenvalue weighted by Gasteiger charge is 2.17. The lowest BCUT2D eigenvalue weighted by Gasteiger charge is -2.12. The van der Waals surface area contributed by atoms with Gasteiger partial charge in [0.2, 0.25) is 5.91 Å². The Kier molecular flexibility index (Phi) is 6.14. The standard InChI is InChI=1S/C17H20FN3O2S/c1-4-5-12-9-15(22)21-17(20-12)24-11(3)16(23)19-13-7-6-10(2)14(18)8-13/h6-9,11H,4-5H2,1-3H3,(H,19,23)(H,20,21,22). The minimum atomic E-state index is -0.491. The molecule has 5 nitrogen and oxygen atoms in total. The number of thioether (sulfide) groups is 1. The zero-order valence-electron chi connectivity index (χ0n) is 13.9. The predicted octanol–water partition coefficient (Wildman–Crippen LogP) is 3.29. The van der Waals surface area contributed by atoms with Crippen LogP contribution in [0.25, 0.3) is 0 Å². The highest BCUT2D eigenvalue weighted by atomic mass is 32.2. The summed E-state index contributed by atoms with van der Waals surface area (Å²) in [5.41, 5.74) is 1.39. The van der Waals surface area contributed by atoms with Crippen molar-refractivity contribution in [2.24, 2.45) is 0 Å². The molecule has 1 unspecified atom stereocenters. The summed E-state index contributed by atoms with van der Waals surface area (Å²) in [6, 6.07) is 6.01. The quantitative estimate of drug-likeness (QED) is 0.620. The Labute approximate surface area is 144 Å². The van der Waals surface area contributed by atoms with Crippen molar-refractivity contribution in [2.75, 3.05) is 5.32 Å². The summed E-state index contributed by atoms with van der Waals surface area (Å²) >= 11 is 1.16. The molecular formula is C17H20FN3O2S. The van der Waals surface area contributed by atoms with E-state index in [0.29, 0.717) is 28.5 Å². The number of carbonyl (C=O) groups is 1. The number of nitrogens with one attached hydrogen (secondary N) is 2. The highest BCUT2D eigenvalue weighted by Crippen LogP contribution is 2.21. The van der Waals surface area contributed by atoms with Crippen molar-refractivity contribution in [3.63, 3.8) is 0 Å². The lowest BCUT2D eigenvalue weighted by Crippen LogP contribution is -2.23. The molecule has 0 fully saturated rings. The third kappa shape index (κ3) is 4.92. The van der Waals surface area contributed by atoms with Gasteiger partial charge < -0.3 is 10.3 Å². The number of carbonyl (C=O) groups excluding carboxylic acids is 1. The smallest absolute Gasteiger partial charge is 0.251 e. The second kappa shape index (κ2) is 8.10. The van der Waals surface area contributed by atoms with Crippen LogP contribution < -0.4 is 10.9 Å². The first-order chi connectivity index (χ1) is 11.4. The Morgan fingerprint density at radius 1 is 1.42 bits per heavy atom. The third-order valence-electron chi connectivity index (χ3n) is 3.38. The van der Waals surface area contributed by atoms with Crippen molar-refractivity contribution in [3.8, 4) is 0 Å². The largest absolute Gasteiger partial charge is 0.325 e. The Morgan fingerprint density at radius 3 is 2.83 bits per heavy atom. The first-order valence-corrected chi connectivity index (χ1v) is 8.61. The number of aromatic amines is 1. The number of anilines is 1. The molecule has 0 aliphatic rings. The van der Waals surface area contributed by atoms with Crippen LogP contribution >= 0.6 is 11.8 Å². The van der Waals surface area contributed by atoms with E-state index in [0.717, 1.165) is 18.2 Å². The molecule has 0 radical (unpaired) electrons. The van der Waals surface area contributed by atoms with Gasteiger partial charge in [-0.1, -0.05) is 31.2 Å². The van der Waals surface area contributed by atoms with Gasteiger partial charge in [-0.3, -0.25) is 9.59 Å². The second-order valence-electron chi connectivity index (χ2n) is 5.51. The summed E-state index contributed by atoms with van der Waals surface area (Å²) in [5.74, 6) is -0.654. The maximum atomic E-state index is 13.5. The van der Waals surface area contributed by atoms with E-state index in [-0.39, 0.29) is 17.3 Å². The monoisotopic (exact) mass is 349 g/mol. The molecule has 1 aromatic heterocycles. The molecule has 2 rings (SSSR count). The van der Waals surface area contributed by atoms with Gasteiger partial charge in [0.1, 0.15) is 5.82 Å². The molecule has 24 heavy (non-hydrogen) atoms. The Hall–Kier alpha value is -2.15. The van der Waals surface area contributed by atoms with Crippen molar-refractivity contribution >= 4 is 23.4 Å². The van der Waals surface area contributed by atoms with Crippen molar-refractivity contribution < 1.29 is 9.18 Å². The number of amides is 1. The molecule has 0 aliphatic carbocycles. The van der Waals surface area contributed by atoms with Gasteiger partial charge in [-0.05, 0) is 38.0 Å². The van der Waals surface area contributed by atoms with Crippen LogP contribution in [0.1, 0.15) is 31.5 Å². The van der Waals surface area contributed by atoms with E-state index in [1.165, 1.54) is 12.1 Å². The maximum Gasteiger partial charge on any atom is 0.251 e. The van der Waals surface area contributed by atoms with Crippen LogP contribution in [-0.2, 0) is 11.2 Å². The number of benzene rings is 1. The maximum absolute atomic E-state index is 13.5. The lowest BCUT2D eigenvalue weighted by atomic mass is 10.2. The Bertz CT molecular complexity index is 792. The van der Waals surface area contributed by atoms with Crippen LogP contribution in [-0.4, -0.2) is 21.1 Å². The molecule has 1 heterocycles. The number of hydrogen-bond acceptors (Lipinski definition) is 4. The van der Waals surface area contributed by atoms with Gasteiger partial charge in [-0.2, -0.15) is 0 Å². The second-order valence-corrected chi connectivity index (χ2v) is 6.83. The van der Waals surface area contributed by atoms with E-state index in [2.05, 4.69) is 15.3 Å². The Balaban J connectivity index is 2.05. The Morgan fingerprint density at radius 2 is 2.17 bits per heavy atom. The summed E-state index contributed by atoms with van der Waals surface area (Å²) in [6.07, 6.45) is 1.59. The molecule has 0 saturated heterocycles. The number of halogens is 1. The van der Waals surface area contributed by atoms with Crippen molar-refractivity contribution in [1.82, 2.24) is 9.97 Å². The molecule has 2 aromatic rings. The van der Waals surface area contributed by atoms with Crippen molar-refractivity contribution in [3.05, 3.63) is 51.7 Å². The van der Waals surface area contributed by atoms with Crippen molar-refractivity contribution in [2.45, 2.75) is 44.0 Å². The van der Waals surface area contributed by atoms with Crippen LogP contribution in [0.15, 0.2) is 34.2 Å². The molecule has 0 aliphatic heterocycles. The highest BCUT2D eigenvalue weighted by molar-refractivity contribution is 8.00. The van der Waals surface area contributed by atoms with Crippen LogP contribution in [0.4, 0.5) is 10.1 Å². The first kappa shape index (κ1) is 18.2. The van der Waals surface area contributed by atoms with E-state index in [1.54, 1.807) is 26.0 Å². The van der Waals surface area contributed by atoms with Crippen molar-refractivity contribution in [1.29, 1.82) is 0 Å². The molecule has 0 spiro atoms. The first-order valence-electron chi connectivity index (χ1n) is 7.73. The SMILES string of the molecule is CCCc1cc(=O)[nH]c(SC(C)C(=O)Nc2ccc(C)c(F)c2)n1. The molecule has 0 bridgehead atoms. The van der Waals surface area contributed by atoms with Crippen LogP contribution in [0.5, 0.6) is 0 Å². The molecule has 1 amide bonds. The summed E-state index contributed by atoms with van der Waals surface area (Å²) in [4.78, 5) is 30.9. The lowest BCUT2D eigenvalue weighted by molar-refractivity contribution is -0.115. The third-order valence-corrected chi connectivity index (χ3v) is 4.36. The molecule has 0 saturated carbocycles. The van der Waals surface area contributed by atoms with Gasteiger partial charge in [0.25, 0.3) is 5.56 Å². The van der Waals surface area contributed by atoms with Crippen LogP contribution in [0, 0.1) is 12.7 Å². The molecule has 2 N–H and O–H groups in total. The summed E-state index contributed by atoms with van der Waals surface area (Å²) in [5, 5.41) is 2.58. The van der Waals surface area contributed by atoms with E-state index < -0.39 is 5.25 Å². The minimum absolute atomic E-state index is 0.232. The van der Waals surface area contributed by atoms with Crippen LogP contribution in [0.2, 0.25) is 0 Å². The van der Waals surface area contributed by atoms with Gasteiger partial charge in [0, 0.05) is 17.4 Å². The number of aryl methyl sites for hydroxylation is 2. The van der Waals surface area contributed by atoms with Crippen LogP contribution in [0.3, 0.4) is 0 Å². The topological polar surface area (TPSA) is 74.8 Å². The van der Waals surface area contributed by atoms with E-state index in [4.69, 9.17) is 0 Å². The number of rotatable bonds is 6. The molecule has 128 valence electrons. The average Bonchev–Trinajstić information content (AvgIpc) is 2.50. The summed E-state index contributed by atoms with van der Waals surface area (Å²) in [6.45, 7) is 5.37. The zero-order valence-corrected chi connectivity index (χ0v) is 14.7.